The van der Waals surface area contributed by atoms with Gasteiger partial charge in [0.2, 0.25) is 0 Å². The molecule has 3 heteroatoms. The predicted octanol–water partition coefficient (Wildman–Crippen LogP) is 2.30. The first-order chi connectivity index (χ1) is 5.00. The third-order valence-corrected chi connectivity index (χ3v) is 1.55. The lowest BCUT2D eigenvalue weighted by Crippen LogP contribution is -1.99. The minimum Gasteiger partial charge on any atom is -0.258 e. The molecule has 0 fully saturated rings. The average Bonchev–Trinajstić information content (AvgIpc) is 2.00. The second-order valence-corrected chi connectivity index (χ2v) is 2.22. The van der Waals surface area contributed by atoms with Crippen molar-refractivity contribution in [2.45, 2.75) is 13.8 Å². The van der Waals surface area contributed by atoms with E-state index in [1.165, 1.54) is 0 Å². The summed E-state index contributed by atoms with van der Waals surface area (Å²) >= 11 is 0. The van der Waals surface area contributed by atoms with Crippen molar-refractivity contribution < 1.29 is 4.92 Å². The molecule has 0 amide bonds. The Morgan fingerprint density at radius 3 is 2.27 bits per heavy atom. The van der Waals surface area contributed by atoms with Crippen molar-refractivity contribution in [3.8, 4) is 0 Å². The van der Waals surface area contributed by atoms with Crippen LogP contribution in [-0.2, 0) is 0 Å². The van der Waals surface area contributed by atoms with Gasteiger partial charge < -0.3 is 0 Å². The van der Waals surface area contributed by atoms with Crippen LogP contribution in [0.3, 0.4) is 0 Å². The number of hydrogen-bond donors (Lipinski definition) is 0. The number of nitrogens with zero attached hydrogens (tertiary/aromatic N) is 1. The van der Waals surface area contributed by atoms with Crippen molar-refractivity contribution in [1.29, 1.82) is 0 Å². The zero-order valence-electron chi connectivity index (χ0n) is 6.76. The fourth-order valence-electron chi connectivity index (χ4n) is 0.518. The van der Waals surface area contributed by atoms with Gasteiger partial charge in [0, 0.05) is 5.57 Å². The van der Waals surface area contributed by atoms with Gasteiger partial charge in [-0.05, 0) is 26.0 Å². The van der Waals surface area contributed by atoms with E-state index in [4.69, 9.17) is 0 Å². The topological polar surface area (TPSA) is 43.1 Å². The van der Waals surface area contributed by atoms with Gasteiger partial charge in [-0.25, -0.2) is 0 Å². The van der Waals surface area contributed by atoms with Crippen LogP contribution < -0.4 is 0 Å². The Hall–Kier alpha value is -1.38. The highest BCUT2D eigenvalue weighted by atomic mass is 16.6. The molecule has 0 aliphatic rings. The molecule has 0 radical (unpaired) electrons. The average molecular weight is 153 g/mol. The lowest BCUT2D eigenvalue weighted by atomic mass is 10.1. The monoisotopic (exact) mass is 153 g/mol. The molecule has 11 heavy (non-hydrogen) atoms. The maximum Gasteiger partial charge on any atom is 0.265 e. The largest absolute Gasteiger partial charge is 0.265 e. The molecule has 0 saturated carbocycles. The van der Waals surface area contributed by atoms with Crippen LogP contribution in [0.4, 0.5) is 0 Å². The third-order valence-electron chi connectivity index (χ3n) is 1.55. The van der Waals surface area contributed by atoms with Crippen molar-refractivity contribution in [1.82, 2.24) is 0 Å². The molecule has 60 valence electrons. The number of allylic oxidation sites excluding steroid dienone is 3. The molecule has 0 bridgehead atoms. The lowest BCUT2D eigenvalue weighted by Gasteiger charge is -1.98. The summed E-state index contributed by atoms with van der Waals surface area (Å²) in [6, 6.07) is 0. The summed E-state index contributed by atoms with van der Waals surface area (Å²) in [5.41, 5.74) is 1.29. The molecule has 0 aromatic rings. The molecule has 0 N–H and O–H groups in total. The molecular formula is C8H11NO2. The standard InChI is InChI=1S/C8H11NO2/c1-5-6(2)7(3)8(4)9(10)11/h5H,1,4H2,2-3H3/b7-6-. The molecule has 0 spiro atoms. The van der Waals surface area contributed by atoms with Gasteiger partial charge in [-0.1, -0.05) is 12.7 Å². The molecule has 0 atom stereocenters. The molecule has 0 unspecified atom stereocenters. The first-order valence-corrected chi connectivity index (χ1v) is 3.14. The van der Waals surface area contributed by atoms with Gasteiger partial charge in [-0.3, -0.25) is 10.1 Å². The predicted molar refractivity (Wildman–Crippen MR) is 44.7 cm³/mol. The van der Waals surface area contributed by atoms with Crippen molar-refractivity contribution in [3.63, 3.8) is 0 Å². The van der Waals surface area contributed by atoms with Gasteiger partial charge in [0.1, 0.15) is 0 Å². The first kappa shape index (κ1) is 9.62. The van der Waals surface area contributed by atoms with E-state index in [0.29, 0.717) is 5.57 Å². The van der Waals surface area contributed by atoms with Crippen molar-refractivity contribution >= 4 is 0 Å². The van der Waals surface area contributed by atoms with Gasteiger partial charge in [0.05, 0.1) is 4.92 Å². The molecular weight excluding hydrogens is 142 g/mol. The van der Waals surface area contributed by atoms with Crippen molar-refractivity contribution in [2.75, 3.05) is 0 Å². The van der Waals surface area contributed by atoms with E-state index in [1.807, 2.05) is 0 Å². The Morgan fingerprint density at radius 1 is 1.55 bits per heavy atom. The van der Waals surface area contributed by atoms with E-state index in [1.54, 1.807) is 19.9 Å². The quantitative estimate of drug-likeness (QED) is 0.354. The SMILES string of the molecule is C=C/C(C)=C(/C)C(=C)[N+](=O)[O-]. The van der Waals surface area contributed by atoms with E-state index >= 15 is 0 Å². The minimum absolute atomic E-state index is 0.0672. The zero-order chi connectivity index (χ0) is 9.02. The molecule has 0 heterocycles. The van der Waals surface area contributed by atoms with E-state index in [-0.39, 0.29) is 5.70 Å². The Bertz CT molecular complexity index is 238. The van der Waals surface area contributed by atoms with Gasteiger partial charge in [0.25, 0.3) is 5.70 Å². The van der Waals surface area contributed by atoms with E-state index < -0.39 is 4.92 Å². The highest BCUT2D eigenvalue weighted by Gasteiger charge is 2.09. The van der Waals surface area contributed by atoms with E-state index in [2.05, 4.69) is 13.2 Å². The molecule has 0 saturated heterocycles. The van der Waals surface area contributed by atoms with Crippen molar-refractivity contribution in [2.24, 2.45) is 0 Å². The smallest absolute Gasteiger partial charge is 0.258 e. The fourth-order valence-corrected chi connectivity index (χ4v) is 0.518. The maximum atomic E-state index is 10.2. The van der Waals surface area contributed by atoms with Gasteiger partial charge in [-0.2, -0.15) is 0 Å². The lowest BCUT2D eigenvalue weighted by molar-refractivity contribution is -0.420. The Labute approximate surface area is 65.9 Å². The molecule has 0 aliphatic carbocycles. The minimum atomic E-state index is -0.498. The summed E-state index contributed by atoms with van der Waals surface area (Å²) < 4.78 is 0. The van der Waals surface area contributed by atoms with Crippen LogP contribution in [0.5, 0.6) is 0 Å². The molecule has 0 aromatic heterocycles. The van der Waals surface area contributed by atoms with Crippen LogP contribution in [0.1, 0.15) is 13.8 Å². The summed E-state index contributed by atoms with van der Waals surface area (Å²) in [4.78, 5) is 9.70. The van der Waals surface area contributed by atoms with Crippen LogP contribution in [0.2, 0.25) is 0 Å². The summed E-state index contributed by atoms with van der Waals surface area (Å²) in [6.45, 7) is 10.2. The summed E-state index contributed by atoms with van der Waals surface area (Å²) in [5.74, 6) is 0. The van der Waals surface area contributed by atoms with Crippen LogP contribution in [0.15, 0.2) is 36.1 Å². The van der Waals surface area contributed by atoms with Gasteiger partial charge >= 0.3 is 0 Å². The molecule has 3 nitrogen and oxygen atoms in total. The second-order valence-electron chi connectivity index (χ2n) is 2.22. The Kier molecular flexibility index (Phi) is 3.24. The van der Waals surface area contributed by atoms with Crippen LogP contribution in [-0.4, -0.2) is 4.92 Å². The summed E-state index contributed by atoms with van der Waals surface area (Å²) in [6.07, 6.45) is 1.57. The van der Waals surface area contributed by atoms with Gasteiger partial charge in [-0.15, -0.1) is 0 Å². The third kappa shape index (κ3) is 2.37. The van der Waals surface area contributed by atoms with E-state index in [9.17, 15) is 10.1 Å². The highest BCUT2D eigenvalue weighted by molar-refractivity contribution is 5.31. The second kappa shape index (κ2) is 3.71. The Balaban J connectivity index is 4.74. The van der Waals surface area contributed by atoms with E-state index in [0.717, 1.165) is 5.57 Å². The summed E-state index contributed by atoms with van der Waals surface area (Å²) in [7, 11) is 0. The van der Waals surface area contributed by atoms with Crippen LogP contribution in [0.25, 0.3) is 0 Å². The Morgan fingerprint density at radius 2 is 2.00 bits per heavy atom. The normalized spacial score (nSPS) is 11.8. The highest BCUT2D eigenvalue weighted by Crippen LogP contribution is 2.12. The number of hydrogen-bond acceptors (Lipinski definition) is 2. The fraction of sp³-hybridized carbons (Fsp3) is 0.250. The summed E-state index contributed by atoms with van der Waals surface area (Å²) in [5, 5.41) is 10.2. The molecule has 0 aromatic carbocycles. The van der Waals surface area contributed by atoms with Crippen LogP contribution in [0, 0.1) is 10.1 Å². The number of nitro groups is 1. The maximum absolute atomic E-state index is 10.2. The number of rotatable bonds is 3. The molecule has 0 aliphatic heterocycles. The zero-order valence-corrected chi connectivity index (χ0v) is 6.76. The van der Waals surface area contributed by atoms with Crippen molar-refractivity contribution in [3.05, 3.63) is 46.2 Å². The van der Waals surface area contributed by atoms with Gasteiger partial charge in [0.15, 0.2) is 0 Å². The van der Waals surface area contributed by atoms with Crippen LogP contribution >= 0.6 is 0 Å². The first-order valence-electron chi connectivity index (χ1n) is 3.14. The molecule has 0 rings (SSSR count).